The van der Waals surface area contributed by atoms with E-state index in [-0.39, 0.29) is 0 Å². The van der Waals surface area contributed by atoms with Crippen LogP contribution in [0.2, 0.25) is 0 Å². The molecule has 0 rings (SSSR count). The quantitative estimate of drug-likeness (QED) is 0.382. The highest BCUT2D eigenvalue weighted by molar-refractivity contribution is 5.62. The largest absolute Gasteiger partial charge is 0.481 e. The highest BCUT2D eigenvalue weighted by atomic mass is 17.1. The van der Waals surface area contributed by atoms with E-state index in [1.807, 2.05) is 0 Å². The molecule has 0 aromatic rings. The molecule has 0 heterocycles. The summed E-state index contributed by atoms with van der Waals surface area (Å²) in [7, 11) is 0. The van der Waals surface area contributed by atoms with Crippen molar-refractivity contribution < 1.29 is 20.0 Å². The van der Waals surface area contributed by atoms with Gasteiger partial charge in [-0.2, -0.15) is 0 Å². The van der Waals surface area contributed by atoms with Crippen molar-refractivity contribution in [2.45, 2.75) is 52.4 Å². The Morgan fingerprint density at radius 3 is 2.00 bits per heavy atom. The number of hydrogen-bond acceptors (Lipinski definition) is 3. The van der Waals surface area contributed by atoms with Crippen molar-refractivity contribution in [2.75, 3.05) is 6.61 Å². The van der Waals surface area contributed by atoms with Crippen molar-refractivity contribution in [3.8, 4) is 0 Å². The Hall–Kier alpha value is -0.610. The maximum Gasteiger partial charge on any atom is 0.300 e. The molecule has 0 amide bonds. The third-order valence-corrected chi connectivity index (χ3v) is 1.59. The molecule has 14 heavy (non-hydrogen) atoms. The van der Waals surface area contributed by atoms with Crippen LogP contribution >= 0.6 is 0 Å². The van der Waals surface area contributed by atoms with E-state index in [0.717, 1.165) is 13.3 Å². The predicted octanol–water partition coefficient (Wildman–Crippen LogP) is 2.93. The minimum absolute atomic E-state index is 0.492. The molecule has 2 N–H and O–H groups in total. The van der Waals surface area contributed by atoms with E-state index in [9.17, 15) is 0 Å². The van der Waals surface area contributed by atoms with Gasteiger partial charge in [0.2, 0.25) is 0 Å². The summed E-state index contributed by atoms with van der Waals surface area (Å²) in [5, 5.41) is 15.4. The van der Waals surface area contributed by atoms with Crippen LogP contribution in [0.15, 0.2) is 0 Å². The van der Waals surface area contributed by atoms with Crippen molar-refractivity contribution in [1.82, 2.24) is 0 Å². The van der Waals surface area contributed by atoms with Gasteiger partial charge in [-0.05, 0) is 6.42 Å². The van der Waals surface area contributed by atoms with Crippen molar-refractivity contribution in [1.29, 1.82) is 0 Å². The lowest BCUT2D eigenvalue weighted by Crippen LogP contribution is -1.88. The minimum Gasteiger partial charge on any atom is -0.481 e. The smallest absolute Gasteiger partial charge is 0.300 e. The van der Waals surface area contributed by atoms with Crippen LogP contribution in [0.25, 0.3) is 0 Å². The molecular weight excluding hydrogens is 184 g/mol. The van der Waals surface area contributed by atoms with E-state index >= 15 is 0 Å². The fourth-order valence-electron chi connectivity index (χ4n) is 0.947. The highest BCUT2D eigenvalue weighted by Crippen LogP contribution is 2.04. The molecule has 0 aliphatic carbocycles. The van der Waals surface area contributed by atoms with Crippen molar-refractivity contribution in [3.63, 3.8) is 0 Å². The molecule has 4 nitrogen and oxygen atoms in total. The van der Waals surface area contributed by atoms with Crippen LogP contribution in [0.3, 0.4) is 0 Å². The summed E-state index contributed by atoms with van der Waals surface area (Å²) < 4.78 is 0. The number of carbonyl (C=O) groups is 1. The standard InChI is InChI=1S/C8H18O2.C2H4O2/c1-2-3-4-5-6-7-8-10-9;1-2(3)4/h9H,2-8H2,1H3;1H3,(H,3,4). The number of rotatable bonds is 7. The van der Waals surface area contributed by atoms with Gasteiger partial charge in [0.1, 0.15) is 0 Å². The maximum absolute atomic E-state index is 9.00. The van der Waals surface area contributed by atoms with Crippen LogP contribution in [0.5, 0.6) is 0 Å². The third-order valence-electron chi connectivity index (χ3n) is 1.59. The minimum atomic E-state index is -0.833. The Morgan fingerprint density at radius 1 is 1.14 bits per heavy atom. The Labute approximate surface area is 85.8 Å². The fourth-order valence-corrected chi connectivity index (χ4v) is 0.947. The first kappa shape index (κ1) is 15.8. The van der Waals surface area contributed by atoms with E-state index in [2.05, 4.69) is 11.8 Å². The molecule has 0 spiro atoms. The van der Waals surface area contributed by atoms with Gasteiger partial charge in [0.05, 0.1) is 6.61 Å². The predicted molar refractivity (Wildman–Crippen MR) is 55.3 cm³/mol. The van der Waals surface area contributed by atoms with E-state index < -0.39 is 5.97 Å². The highest BCUT2D eigenvalue weighted by Gasteiger charge is 1.88. The summed E-state index contributed by atoms with van der Waals surface area (Å²) in [4.78, 5) is 12.9. The maximum atomic E-state index is 9.00. The molecule has 0 radical (unpaired) electrons. The Balaban J connectivity index is 0. The zero-order chi connectivity index (χ0) is 11.2. The molecular formula is C10H22O4. The van der Waals surface area contributed by atoms with Gasteiger partial charge in [0, 0.05) is 6.92 Å². The Bertz CT molecular complexity index is 103. The van der Waals surface area contributed by atoms with E-state index in [1.165, 1.54) is 32.1 Å². The first-order chi connectivity index (χ1) is 6.65. The molecule has 0 unspecified atom stereocenters. The van der Waals surface area contributed by atoms with Gasteiger partial charge < -0.3 is 5.11 Å². The fraction of sp³-hybridized carbons (Fsp3) is 0.900. The van der Waals surface area contributed by atoms with Gasteiger partial charge in [-0.3, -0.25) is 10.1 Å². The number of hydrogen-bond donors (Lipinski definition) is 2. The van der Waals surface area contributed by atoms with Crippen molar-refractivity contribution in [3.05, 3.63) is 0 Å². The third kappa shape index (κ3) is 30.1. The molecule has 0 aliphatic heterocycles. The van der Waals surface area contributed by atoms with Crippen LogP contribution in [0, 0.1) is 0 Å². The van der Waals surface area contributed by atoms with Crippen LogP contribution in [-0.2, 0) is 9.68 Å². The topological polar surface area (TPSA) is 66.8 Å². The SMILES string of the molecule is CC(=O)O.CCCCCCCCOO. The van der Waals surface area contributed by atoms with Gasteiger partial charge >= 0.3 is 0 Å². The summed E-state index contributed by atoms with van der Waals surface area (Å²) in [6.45, 7) is 3.78. The number of unbranched alkanes of at least 4 members (excludes halogenated alkanes) is 5. The van der Waals surface area contributed by atoms with Crippen molar-refractivity contribution in [2.24, 2.45) is 0 Å². The lowest BCUT2D eigenvalue weighted by Gasteiger charge is -1.97. The van der Waals surface area contributed by atoms with E-state index in [0.29, 0.717) is 6.61 Å². The lowest BCUT2D eigenvalue weighted by molar-refractivity contribution is -0.242. The van der Waals surface area contributed by atoms with E-state index in [4.69, 9.17) is 15.2 Å². The number of aliphatic carboxylic acids is 1. The molecule has 0 atom stereocenters. The molecule has 0 saturated carbocycles. The molecule has 4 heteroatoms. The van der Waals surface area contributed by atoms with Crippen LogP contribution < -0.4 is 0 Å². The van der Waals surface area contributed by atoms with Crippen LogP contribution in [-0.4, -0.2) is 22.9 Å². The van der Waals surface area contributed by atoms with Gasteiger partial charge in [-0.25, -0.2) is 4.89 Å². The molecule has 86 valence electrons. The monoisotopic (exact) mass is 206 g/mol. The molecule has 0 aliphatic rings. The average Bonchev–Trinajstić information content (AvgIpc) is 2.10. The summed E-state index contributed by atoms with van der Waals surface area (Å²) in [5.74, 6) is -0.833. The summed E-state index contributed by atoms with van der Waals surface area (Å²) in [6.07, 6.45) is 7.39. The number of carboxylic acid groups (broad SMARTS) is 1. The zero-order valence-electron chi connectivity index (χ0n) is 9.16. The van der Waals surface area contributed by atoms with Crippen LogP contribution in [0.1, 0.15) is 52.4 Å². The van der Waals surface area contributed by atoms with Crippen molar-refractivity contribution >= 4 is 5.97 Å². The van der Waals surface area contributed by atoms with Gasteiger partial charge in [-0.15, -0.1) is 0 Å². The first-order valence-electron chi connectivity index (χ1n) is 5.11. The van der Waals surface area contributed by atoms with Gasteiger partial charge in [0.15, 0.2) is 0 Å². The average molecular weight is 206 g/mol. The molecule has 0 aromatic heterocycles. The second kappa shape index (κ2) is 14.9. The Kier molecular flexibility index (Phi) is 16.9. The molecule has 0 saturated heterocycles. The van der Waals surface area contributed by atoms with Gasteiger partial charge in [-0.1, -0.05) is 39.0 Å². The molecule has 0 bridgehead atoms. The zero-order valence-corrected chi connectivity index (χ0v) is 9.16. The lowest BCUT2D eigenvalue weighted by atomic mass is 10.1. The number of carboxylic acids is 1. The molecule has 0 aromatic carbocycles. The van der Waals surface area contributed by atoms with Crippen LogP contribution in [0.4, 0.5) is 0 Å². The first-order valence-corrected chi connectivity index (χ1v) is 5.11. The van der Waals surface area contributed by atoms with E-state index in [1.54, 1.807) is 0 Å². The second-order valence-electron chi connectivity index (χ2n) is 3.12. The summed E-state index contributed by atoms with van der Waals surface area (Å²) >= 11 is 0. The van der Waals surface area contributed by atoms with Gasteiger partial charge in [0.25, 0.3) is 5.97 Å². The summed E-state index contributed by atoms with van der Waals surface area (Å²) in [6, 6.07) is 0. The Morgan fingerprint density at radius 2 is 1.57 bits per heavy atom. The second-order valence-corrected chi connectivity index (χ2v) is 3.12. The molecule has 0 fully saturated rings. The normalized spacial score (nSPS) is 9.07. The summed E-state index contributed by atoms with van der Waals surface area (Å²) in [5.41, 5.74) is 0.